The molecule has 6 nitrogen and oxygen atoms in total. The molecule has 21 heavy (non-hydrogen) atoms. The number of benzene rings is 1. The van der Waals surface area contributed by atoms with E-state index in [1.165, 1.54) is 18.1 Å². The van der Waals surface area contributed by atoms with Gasteiger partial charge in [0.2, 0.25) is 5.91 Å². The fourth-order valence-corrected chi connectivity index (χ4v) is 2.46. The van der Waals surface area contributed by atoms with Crippen LogP contribution in [0.5, 0.6) is 0 Å². The molecule has 1 aromatic carbocycles. The third-order valence-corrected chi connectivity index (χ3v) is 3.51. The molecule has 0 aliphatic carbocycles. The Balaban J connectivity index is 2.09. The summed E-state index contributed by atoms with van der Waals surface area (Å²) in [5.74, 6) is 0.525. The third-order valence-electron chi connectivity index (χ3n) is 3.51. The second-order valence-corrected chi connectivity index (χ2v) is 5.07. The van der Waals surface area contributed by atoms with Crippen LogP contribution in [0.25, 0.3) is 22.6 Å². The summed E-state index contributed by atoms with van der Waals surface area (Å²) in [5, 5.41) is 9.58. The van der Waals surface area contributed by atoms with Crippen molar-refractivity contribution in [2.45, 2.75) is 27.2 Å². The van der Waals surface area contributed by atoms with Crippen LogP contribution in [0.15, 0.2) is 18.3 Å². The Kier molecular flexibility index (Phi) is 3.21. The number of imidazole rings is 1. The van der Waals surface area contributed by atoms with Crippen molar-refractivity contribution in [2.75, 3.05) is 5.32 Å². The van der Waals surface area contributed by atoms with Crippen molar-refractivity contribution >= 4 is 22.6 Å². The highest BCUT2D eigenvalue weighted by Gasteiger charge is 2.13. The van der Waals surface area contributed by atoms with Crippen molar-refractivity contribution in [2.24, 2.45) is 0 Å². The van der Waals surface area contributed by atoms with Crippen LogP contribution in [0.4, 0.5) is 5.69 Å². The minimum Gasteiger partial charge on any atom is -0.337 e. The predicted octanol–water partition coefficient (Wildman–Crippen LogP) is 2.78. The second kappa shape index (κ2) is 5.05. The van der Waals surface area contributed by atoms with E-state index in [-0.39, 0.29) is 5.91 Å². The number of H-pyrrole nitrogens is 2. The molecule has 3 aromatic rings. The number of hydrogen-bond donors (Lipinski definition) is 3. The van der Waals surface area contributed by atoms with E-state index in [9.17, 15) is 4.79 Å². The average Bonchev–Trinajstić information content (AvgIpc) is 3.02. The number of fused-ring (bicyclic) bond motifs is 1. The van der Waals surface area contributed by atoms with Gasteiger partial charge in [0.1, 0.15) is 5.69 Å². The number of aryl methyl sites for hydroxylation is 2. The van der Waals surface area contributed by atoms with Gasteiger partial charge in [-0.15, -0.1) is 0 Å². The first-order valence-electron chi connectivity index (χ1n) is 6.89. The summed E-state index contributed by atoms with van der Waals surface area (Å²) >= 11 is 0. The molecule has 6 heteroatoms. The SMILES string of the molecule is CCc1cc2nc(-c3[nH]ncc3NC(C)=O)[nH]c2cc1C. The van der Waals surface area contributed by atoms with E-state index in [4.69, 9.17) is 0 Å². The van der Waals surface area contributed by atoms with Crippen LogP contribution in [-0.2, 0) is 11.2 Å². The highest BCUT2D eigenvalue weighted by molar-refractivity contribution is 5.93. The first-order chi connectivity index (χ1) is 10.1. The van der Waals surface area contributed by atoms with Crippen molar-refractivity contribution in [3.05, 3.63) is 29.5 Å². The molecule has 0 aliphatic rings. The second-order valence-electron chi connectivity index (χ2n) is 5.07. The van der Waals surface area contributed by atoms with E-state index in [2.05, 4.69) is 51.5 Å². The number of nitrogens with one attached hydrogen (secondary N) is 3. The van der Waals surface area contributed by atoms with Gasteiger partial charge in [0, 0.05) is 6.92 Å². The third kappa shape index (κ3) is 2.40. The fraction of sp³-hybridized carbons (Fsp3) is 0.267. The summed E-state index contributed by atoms with van der Waals surface area (Å²) in [6.07, 6.45) is 2.55. The van der Waals surface area contributed by atoms with Gasteiger partial charge in [-0.1, -0.05) is 6.92 Å². The number of rotatable bonds is 3. The van der Waals surface area contributed by atoms with Crippen LogP contribution in [0.2, 0.25) is 0 Å². The van der Waals surface area contributed by atoms with E-state index >= 15 is 0 Å². The zero-order valence-corrected chi connectivity index (χ0v) is 12.2. The first-order valence-corrected chi connectivity index (χ1v) is 6.89. The quantitative estimate of drug-likeness (QED) is 0.690. The van der Waals surface area contributed by atoms with Gasteiger partial charge < -0.3 is 10.3 Å². The summed E-state index contributed by atoms with van der Waals surface area (Å²) in [7, 11) is 0. The van der Waals surface area contributed by atoms with Crippen LogP contribution in [0.3, 0.4) is 0 Å². The molecule has 3 N–H and O–H groups in total. The lowest BCUT2D eigenvalue weighted by Crippen LogP contribution is -2.06. The molecule has 0 spiro atoms. The molecule has 1 amide bonds. The number of aromatic nitrogens is 4. The molecule has 0 unspecified atom stereocenters. The molecule has 0 atom stereocenters. The molecule has 0 aliphatic heterocycles. The molecular weight excluding hydrogens is 266 g/mol. The number of carbonyl (C=O) groups excluding carboxylic acids is 1. The van der Waals surface area contributed by atoms with Gasteiger partial charge in [-0.3, -0.25) is 9.89 Å². The van der Waals surface area contributed by atoms with Crippen molar-refractivity contribution in [3.8, 4) is 11.5 Å². The monoisotopic (exact) mass is 283 g/mol. The maximum atomic E-state index is 11.2. The minimum atomic E-state index is -0.141. The summed E-state index contributed by atoms with van der Waals surface area (Å²) in [6.45, 7) is 5.69. The first kappa shape index (κ1) is 13.4. The zero-order chi connectivity index (χ0) is 15.0. The zero-order valence-electron chi connectivity index (χ0n) is 12.2. The van der Waals surface area contributed by atoms with Gasteiger partial charge in [0.05, 0.1) is 22.9 Å². The minimum absolute atomic E-state index is 0.141. The Morgan fingerprint density at radius 3 is 2.90 bits per heavy atom. The van der Waals surface area contributed by atoms with Gasteiger partial charge in [-0.2, -0.15) is 5.10 Å². The maximum Gasteiger partial charge on any atom is 0.221 e. The standard InChI is InChI=1S/C15H17N5O/c1-4-10-6-12-11(5-8(10)2)18-15(19-12)14-13(7-16-20-14)17-9(3)21/h5-7H,4H2,1-3H3,(H,16,20)(H,17,21)(H,18,19). The smallest absolute Gasteiger partial charge is 0.221 e. The summed E-state index contributed by atoms with van der Waals surface area (Å²) in [4.78, 5) is 19.1. The summed E-state index contributed by atoms with van der Waals surface area (Å²) < 4.78 is 0. The van der Waals surface area contributed by atoms with Gasteiger partial charge in [-0.25, -0.2) is 4.98 Å². The van der Waals surface area contributed by atoms with E-state index in [1.54, 1.807) is 6.20 Å². The van der Waals surface area contributed by atoms with Gasteiger partial charge in [0.15, 0.2) is 5.82 Å². The van der Waals surface area contributed by atoms with Gasteiger partial charge >= 0.3 is 0 Å². The lowest BCUT2D eigenvalue weighted by atomic mass is 10.1. The van der Waals surface area contributed by atoms with E-state index < -0.39 is 0 Å². The van der Waals surface area contributed by atoms with Crippen LogP contribution in [0.1, 0.15) is 25.0 Å². The maximum absolute atomic E-state index is 11.2. The van der Waals surface area contributed by atoms with E-state index in [0.29, 0.717) is 17.2 Å². The Morgan fingerprint density at radius 2 is 2.19 bits per heavy atom. The Bertz CT molecular complexity index is 815. The molecular formula is C15H17N5O. The number of amides is 1. The molecule has 108 valence electrons. The molecule has 3 rings (SSSR count). The number of hydrogen-bond acceptors (Lipinski definition) is 3. The number of aromatic amines is 2. The molecule has 0 bridgehead atoms. The number of anilines is 1. The molecule has 0 fully saturated rings. The molecule has 2 aromatic heterocycles. The summed E-state index contributed by atoms with van der Waals surface area (Å²) in [5.41, 5.74) is 5.71. The van der Waals surface area contributed by atoms with Gasteiger partial charge in [0.25, 0.3) is 0 Å². The average molecular weight is 283 g/mol. The van der Waals surface area contributed by atoms with Crippen LogP contribution in [-0.4, -0.2) is 26.1 Å². The molecule has 2 heterocycles. The molecule has 0 saturated carbocycles. The lowest BCUT2D eigenvalue weighted by Gasteiger charge is -2.01. The van der Waals surface area contributed by atoms with Crippen LogP contribution in [0, 0.1) is 6.92 Å². The van der Waals surface area contributed by atoms with Crippen LogP contribution >= 0.6 is 0 Å². The number of nitrogens with zero attached hydrogens (tertiary/aromatic N) is 2. The summed E-state index contributed by atoms with van der Waals surface area (Å²) in [6, 6.07) is 4.19. The Morgan fingerprint density at radius 1 is 1.38 bits per heavy atom. The fourth-order valence-electron chi connectivity index (χ4n) is 2.46. The predicted molar refractivity (Wildman–Crippen MR) is 82.1 cm³/mol. The normalized spacial score (nSPS) is 11.0. The lowest BCUT2D eigenvalue weighted by molar-refractivity contribution is -0.114. The topological polar surface area (TPSA) is 86.5 Å². The highest BCUT2D eigenvalue weighted by Crippen LogP contribution is 2.26. The molecule has 0 saturated heterocycles. The largest absolute Gasteiger partial charge is 0.337 e. The Labute approximate surface area is 122 Å². The van der Waals surface area contributed by atoms with Gasteiger partial charge in [-0.05, 0) is 36.6 Å². The van der Waals surface area contributed by atoms with Crippen molar-refractivity contribution in [3.63, 3.8) is 0 Å². The Hall–Kier alpha value is -2.63. The van der Waals surface area contributed by atoms with Crippen LogP contribution < -0.4 is 5.32 Å². The molecule has 0 radical (unpaired) electrons. The van der Waals surface area contributed by atoms with E-state index in [1.807, 2.05) is 0 Å². The van der Waals surface area contributed by atoms with E-state index in [0.717, 1.165) is 17.5 Å². The number of carbonyl (C=O) groups is 1. The highest BCUT2D eigenvalue weighted by atomic mass is 16.1. The van der Waals surface area contributed by atoms with Crippen molar-refractivity contribution in [1.29, 1.82) is 0 Å². The van der Waals surface area contributed by atoms with Crippen molar-refractivity contribution in [1.82, 2.24) is 20.2 Å². The van der Waals surface area contributed by atoms with Crippen molar-refractivity contribution < 1.29 is 4.79 Å².